The number of carbonyl (C=O) groups is 1. The van der Waals surface area contributed by atoms with E-state index in [-0.39, 0.29) is 36.5 Å². The van der Waals surface area contributed by atoms with Crippen LogP contribution in [0.15, 0.2) is 36.8 Å². The lowest BCUT2D eigenvalue weighted by Crippen LogP contribution is -2.49. The second-order valence-corrected chi connectivity index (χ2v) is 10.2. The highest BCUT2D eigenvalue weighted by Gasteiger charge is 2.34. The molecule has 0 saturated heterocycles. The van der Waals surface area contributed by atoms with E-state index in [0.717, 1.165) is 18.4 Å². The Morgan fingerprint density at radius 1 is 1.33 bits per heavy atom. The Hall–Kier alpha value is -2.99. The first-order valence-corrected chi connectivity index (χ1v) is 12.7. The number of aliphatic hydroxyl groups excluding tert-OH is 1. The number of likely N-dealkylation sites (N-methyl/N-ethyl adjacent to an activating group) is 1. The molecule has 1 saturated carbocycles. The molecule has 0 spiro atoms. The zero-order valence-corrected chi connectivity index (χ0v) is 21.4. The molecule has 0 bridgehead atoms. The normalized spacial score (nSPS) is 22.2. The molecule has 0 radical (unpaired) electrons. The Kier molecular flexibility index (Phi) is 8.24. The summed E-state index contributed by atoms with van der Waals surface area (Å²) in [4.78, 5) is 26.1. The van der Waals surface area contributed by atoms with E-state index in [9.17, 15) is 15.0 Å². The Labute approximate surface area is 213 Å². The van der Waals surface area contributed by atoms with Crippen LogP contribution in [-0.2, 0) is 6.54 Å². The lowest BCUT2D eigenvalue weighted by molar-refractivity contribution is 0.0325. The summed E-state index contributed by atoms with van der Waals surface area (Å²) >= 11 is 0. The van der Waals surface area contributed by atoms with Gasteiger partial charge in [-0.15, -0.1) is 0 Å². The van der Waals surface area contributed by atoms with Crippen LogP contribution < -0.4 is 4.74 Å². The minimum atomic E-state index is -0.971. The largest absolute Gasteiger partial charge is 0.472 e. The minimum absolute atomic E-state index is 0.00494. The van der Waals surface area contributed by atoms with Gasteiger partial charge in [-0.3, -0.25) is 14.7 Å². The first-order valence-electron chi connectivity index (χ1n) is 12.7. The SMILES string of the molecule is C[C@H]1CN([C@@H](C)CO)C(=O)c2cc(C#CC3(O)CCCC3)cnc2O[C@H]1CN(C)Cc1cccnc1. The number of hydrogen-bond acceptors (Lipinski definition) is 7. The molecular weight excluding hydrogens is 456 g/mol. The summed E-state index contributed by atoms with van der Waals surface area (Å²) < 4.78 is 6.37. The number of pyridine rings is 2. The zero-order valence-electron chi connectivity index (χ0n) is 21.4. The van der Waals surface area contributed by atoms with Gasteiger partial charge in [-0.25, -0.2) is 4.98 Å². The average molecular weight is 493 g/mol. The Morgan fingerprint density at radius 3 is 2.81 bits per heavy atom. The molecule has 1 aliphatic carbocycles. The highest BCUT2D eigenvalue weighted by Crippen LogP contribution is 2.30. The summed E-state index contributed by atoms with van der Waals surface area (Å²) in [5.41, 5.74) is 1.02. The van der Waals surface area contributed by atoms with Gasteiger partial charge in [0, 0.05) is 49.7 Å². The van der Waals surface area contributed by atoms with E-state index in [1.807, 2.05) is 32.3 Å². The number of rotatable bonds is 6. The minimum Gasteiger partial charge on any atom is -0.472 e. The van der Waals surface area contributed by atoms with Crippen LogP contribution in [0.25, 0.3) is 0 Å². The van der Waals surface area contributed by atoms with E-state index in [4.69, 9.17) is 4.74 Å². The van der Waals surface area contributed by atoms with Gasteiger partial charge in [-0.1, -0.05) is 24.8 Å². The van der Waals surface area contributed by atoms with Crippen molar-refractivity contribution in [3.05, 3.63) is 53.5 Å². The summed E-state index contributed by atoms with van der Waals surface area (Å²) in [6.45, 7) is 5.54. The fourth-order valence-electron chi connectivity index (χ4n) is 4.84. The monoisotopic (exact) mass is 492 g/mol. The number of aromatic nitrogens is 2. The Balaban J connectivity index is 1.61. The number of fused-ring (bicyclic) bond motifs is 1. The molecule has 1 amide bonds. The van der Waals surface area contributed by atoms with Crippen molar-refractivity contribution in [2.75, 3.05) is 26.7 Å². The van der Waals surface area contributed by atoms with E-state index >= 15 is 0 Å². The maximum atomic E-state index is 13.6. The van der Waals surface area contributed by atoms with Gasteiger partial charge in [0.25, 0.3) is 5.91 Å². The molecule has 4 rings (SSSR count). The molecule has 0 unspecified atom stereocenters. The lowest BCUT2D eigenvalue weighted by atomic mass is 9.99. The summed E-state index contributed by atoms with van der Waals surface area (Å²) in [7, 11) is 2.03. The van der Waals surface area contributed by atoms with Gasteiger partial charge < -0.3 is 19.8 Å². The third-order valence-corrected chi connectivity index (χ3v) is 7.06. The van der Waals surface area contributed by atoms with E-state index in [2.05, 4.69) is 33.6 Å². The van der Waals surface area contributed by atoms with E-state index in [1.165, 1.54) is 0 Å². The molecule has 3 atom stereocenters. The summed E-state index contributed by atoms with van der Waals surface area (Å²) in [5.74, 6) is 6.04. The summed E-state index contributed by atoms with van der Waals surface area (Å²) in [6.07, 6.45) is 8.22. The van der Waals surface area contributed by atoms with Crippen LogP contribution in [0.1, 0.15) is 61.0 Å². The second kappa shape index (κ2) is 11.4. The van der Waals surface area contributed by atoms with Crippen LogP contribution in [0.4, 0.5) is 0 Å². The number of nitrogens with zero attached hydrogens (tertiary/aromatic N) is 4. The Morgan fingerprint density at radius 2 is 2.11 bits per heavy atom. The topological polar surface area (TPSA) is 99.0 Å². The molecule has 1 fully saturated rings. The maximum absolute atomic E-state index is 13.6. The first kappa shape index (κ1) is 26.1. The van der Waals surface area contributed by atoms with Crippen LogP contribution in [0, 0.1) is 17.8 Å². The lowest BCUT2D eigenvalue weighted by Gasteiger charge is -2.37. The van der Waals surface area contributed by atoms with Crippen LogP contribution in [0.2, 0.25) is 0 Å². The third kappa shape index (κ3) is 6.22. The van der Waals surface area contributed by atoms with E-state index in [1.54, 1.807) is 23.4 Å². The highest BCUT2D eigenvalue weighted by molar-refractivity contribution is 5.97. The number of amides is 1. The maximum Gasteiger partial charge on any atom is 0.259 e. The van der Waals surface area contributed by atoms with Crippen molar-refractivity contribution in [1.82, 2.24) is 19.8 Å². The molecule has 8 nitrogen and oxygen atoms in total. The van der Waals surface area contributed by atoms with Crippen molar-refractivity contribution in [2.24, 2.45) is 5.92 Å². The summed E-state index contributed by atoms with van der Waals surface area (Å²) in [5, 5.41) is 20.5. The van der Waals surface area contributed by atoms with Gasteiger partial charge in [0.2, 0.25) is 5.88 Å². The van der Waals surface area contributed by atoms with Crippen molar-refractivity contribution >= 4 is 5.91 Å². The molecule has 8 heteroatoms. The van der Waals surface area contributed by atoms with Crippen molar-refractivity contribution in [3.63, 3.8) is 0 Å². The quantitative estimate of drug-likeness (QED) is 0.598. The molecule has 2 N–H and O–H groups in total. The fourth-order valence-corrected chi connectivity index (χ4v) is 4.84. The fraction of sp³-hybridized carbons (Fsp3) is 0.536. The van der Waals surface area contributed by atoms with Crippen molar-refractivity contribution in [2.45, 2.75) is 63.8 Å². The number of hydrogen-bond donors (Lipinski definition) is 2. The molecule has 2 aliphatic rings. The van der Waals surface area contributed by atoms with Crippen LogP contribution in [0.5, 0.6) is 5.88 Å². The van der Waals surface area contributed by atoms with Crippen LogP contribution in [-0.4, -0.2) is 80.4 Å². The summed E-state index contributed by atoms with van der Waals surface area (Å²) in [6, 6.07) is 5.30. The number of ether oxygens (including phenoxy) is 1. The molecule has 192 valence electrons. The molecule has 0 aromatic carbocycles. The Bertz CT molecular complexity index is 1110. The number of carbonyl (C=O) groups excluding carboxylic acids is 1. The van der Waals surface area contributed by atoms with Gasteiger partial charge in [0.1, 0.15) is 17.3 Å². The molecular formula is C28H36N4O4. The smallest absolute Gasteiger partial charge is 0.259 e. The zero-order chi connectivity index (χ0) is 25.7. The molecule has 3 heterocycles. The van der Waals surface area contributed by atoms with Crippen molar-refractivity contribution in [1.29, 1.82) is 0 Å². The van der Waals surface area contributed by atoms with E-state index < -0.39 is 5.60 Å². The van der Waals surface area contributed by atoms with Gasteiger partial charge in [0.15, 0.2) is 0 Å². The highest BCUT2D eigenvalue weighted by atomic mass is 16.5. The van der Waals surface area contributed by atoms with Crippen molar-refractivity contribution < 1.29 is 19.7 Å². The second-order valence-electron chi connectivity index (χ2n) is 10.2. The molecule has 1 aliphatic heterocycles. The van der Waals surface area contributed by atoms with Gasteiger partial charge in [-0.05, 0) is 57.4 Å². The third-order valence-electron chi connectivity index (χ3n) is 7.06. The first-order chi connectivity index (χ1) is 17.3. The van der Waals surface area contributed by atoms with Crippen LogP contribution in [0.3, 0.4) is 0 Å². The molecule has 2 aromatic rings. The van der Waals surface area contributed by atoms with Crippen molar-refractivity contribution in [3.8, 4) is 17.7 Å². The average Bonchev–Trinajstić information content (AvgIpc) is 3.31. The number of aliphatic hydroxyl groups is 2. The van der Waals surface area contributed by atoms with Gasteiger partial charge in [0.05, 0.1) is 12.6 Å². The molecule has 2 aromatic heterocycles. The van der Waals surface area contributed by atoms with Crippen LogP contribution >= 0.6 is 0 Å². The molecule has 36 heavy (non-hydrogen) atoms. The predicted molar refractivity (Wildman–Crippen MR) is 136 cm³/mol. The standard InChI is InChI=1S/C28H36N4O4/c1-20-16-32(21(2)19-33)27(34)24-13-22(8-11-28(35)9-4-5-10-28)15-30-26(24)36-25(20)18-31(3)17-23-7-6-12-29-14-23/h6-7,12-15,20-21,25,33,35H,4-5,9-10,16-19H2,1-3H3/t20-,21-,25-/m0/s1. The van der Waals surface area contributed by atoms with Gasteiger partial charge in [-0.2, -0.15) is 0 Å². The van der Waals surface area contributed by atoms with E-state index in [0.29, 0.717) is 43.6 Å². The predicted octanol–water partition coefficient (Wildman–Crippen LogP) is 2.49. The van der Waals surface area contributed by atoms with Gasteiger partial charge >= 0.3 is 0 Å².